The Bertz CT molecular complexity index is 292. The minimum Gasteiger partial charge on any atom is -0.354 e. The molecule has 0 aromatic rings. The van der Waals surface area contributed by atoms with Gasteiger partial charge in [0.1, 0.15) is 0 Å². The SMILES string of the molecule is CN(C)C1(CNC(=O)CC2CCCNC2)CCCC1. The van der Waals surface area contributed by atoms with Gasteiger partial charge in [0.15, 0.2) is 0 Å². The molecule has 1 aliphatic heterocycles. The molecule has 1 heterocycles. The molecule has 2 fully saturated rings. The van der Waals surface area contributed by atoms with Crippen LogP contribution in [0.15, 0.2) is 0 Å². The Morgan fingerprint density at radius 2 is 2.05 bits per heavy atom. The van der Waals surface area contributed by atoms with Crippen molar-refractivity contribution in [2.75, 3.05) is 33.7 Å². The highest BCUT2D eigenvalue weighted by atomic mass is 16.1. The maximum atomic E-state index is 12.1. The molecule has 2 rings (SSSR count). The van der Waals surface area contributed by atoms with Gasteiger partial charge in [-0.3, -0.25) is 4.79 Å². The van der Waals surface area contributed by atoms with Crippen LogP contribution in [-0.4, -0.2) is 50.1 Å². The molecular formula is C15H29N3O. The topological polar surface area (TPSA) is 44.4 Å². The van der Waals surface area contributed by atoms with E-state index in [0.717, 1.165) is 19.6 Å². The Hall–Kier alpha value is -0.610. The molecule has 0 aromatic heterocycles. The zero-order chi connectivity index (χ0) is 13.7. The van der Waals surface area contributed by atoms with Gasteiger partial charge >= 0.3 is 0 Å². The fourth-order valence-electron chi connectivity index (χ4n) is 3.51. The second kappa shape index (κ2) is 6.71. The summed E-state index contributed by atoms with van der Waals surface area (Å²) in [6.07, 6.45) is 8.10. The van der Waals surface area contributed by atoms with Crippen LogP contribution < -0.4 is 10.6 Å². The van der Waals surface area contributed by atoms with Gasteiger partial charge in [-0.15, -0.1) is 0 Å². The first-order chi connectivity index (χ1) is 9.12. The molecule has 1 aliphatic carbocycles. The van der Waals surface area contributed by atoms with E-state index in [0.29, 0.717) is 12.3 Å². The van der Waals surface area contributed by atoms with Gasteiger partial charge in [0, 0.05) is 18.5 Å². The average Bonchev–Trinajstić information content (AvgIpc) is 2.88. The molecule has 1 saturated carbocycles. The van der Waals surface area contributed by atoms with E-state index in [4.69, 9.17) is 0 Å². The van der Waals surface area contributed by atoms with E-state index in [1.807, 2.05) is 0 Å². The smallest absolute Gasteiger partial charge is 0.220 e. The molecule has 2 aliphatic rings. The molecule has 19 heavy (non-hydrogen) atoms. The van der Waals surface area contributed by atoms with E-state index in [2.05, 4.69) is 29.6 Å². The second-order valence-corrected chi connectivity index (χ2v) is 6.52. The number of nitrogens with one attached hydrogen (secondary N) is 2. The molecule has 1 atom stereocenters. The largest absolute Gasteiger partial charge is 0.354 e. The van der Waals surface area contributed by atoms with E-state index in [1.165, 1.54) is 38.5 Å². The van der Waals surface area contributed by atoms with Crippen LogP contribution in [0.4, 0.5) is 0 Å². The lowest BCUT2D eigenvalue weighted by molar-refractivity contribution is -0.122. The number of rotatable bonds is 5. The predicted octanol–water partition coefficient (Wildman–Crippen LogP) is 1.37. The highest BCUT2D eigenvalue weighted by Crippen LogP contribution is 2.33. The van der Waals surface area contributed by atoms with E-state index in [-0.39, 0.29) is 11.4 Å². The van der Waals surface area contributed by atoms with Crippen LogP contribution in [0.2, 0.25) is 0 Å². The van der Waals surface area contributed by atoms with Crippen molar-refractivity contribution in [3.63, 3.8) is 0 Å². The van der Waals surface area contributed by atoms with E-state index in [9.17, 15) is 4.79 Å². The first-order valence-corrected chi connectivity index (χ1v) is 7.77. The van der Waals surface area contributed by atoms with Gasteiger partial charge in [0.05, 0.1) is 0 Å². The van der Waals surface area contributed by atoms with Crippen LogP contribution >= 0.6 is 0 Å². The van der Waals surface area contributed by atoms with Crippen molar-refractivity contribution >= 4 is 5.91 Å². The number of carbonyl (C=O) groups excluding carboxylic acids is 1. The summed E-state index contributed by atoms with van der Waals surface area (Å²) in [5, 5.41) is 6.56. The molecule has 4 nitrogen and oxygen atoms in total. The molecule has 1 unspecified atom stereocenters. The molecule has 0 bridgehead atoms. The van der Waals surface area contributed by atoms with Crippen molar-refractivity contribution in [1.29, 1.82) is 0 Å². The van der Waals surface area contributed by atoms with E-state index >= 15 is 0 Å². The van der Waals surface area contributed by atoms with Gasteiger partial charge in [0.25, 0.3) is 0 Å². The summed E-state index contributed by atoms with van der Waals surface area (Å²) >= 11 is 0. The van der Waals surface area contributed by atoms with E-state index < -0.39 is 0 Å². The summed E-state index contributed by atoms with van der Waals surface area (Å²) in [4.78, 5) is 14.4. The fraction of sp³-hybridized carbons (Fsp3) is 0.933. The highest BCUT2D eigenvalue weighted by molar-refractivity contribution is 5.76. The zero-order valence-corrected chi connectivity index (χ0v) is 12.5. The number of nitrogens with zero attached hydrogens (tertiary/aromatic N) is 1. The van der Waals surface area contributed by atoms with Crippen molar-refractivity contribution in [3.05, 3.63) is 0 Å². The molecule has 110 valence electrons. The minimum atomic E-state index is 0.209. The number of likely N-dealkylation sites (N-methyl/N-ethyl adjacent to an activating group) is 1. The van der Waals surface area contributed by atoms with Crippen LogP contribution in [0.25, 0.3) is 0 Å². The molecule has 1 amide bonds. The molecule has 0 spiro atoms. The number of carbonyl (C=O) groups is 1. The third-order valence-corrected chi connectivity index (χ3v) is 4.97. The summed E-state index contributed by atoms with van der Waals surface area (Å²) in [7, 11) is 4.28. The molecule has 4 heteroatoms. The molecular weight excluding hydrogens is 238 g/mol. The van der Waals surface area contributed by atoms with E-state index in [1.54, 1.807) is 0 Å². The van der Waals surface area contributed by atoms with Gasteiger partial charge < -0.3 is 15.5 Å². The van der Waals surface area contributed by atoms with Crippen molar-refractivity contribution < 1.29 is 4.79 Å². The van der Waals surface area contributed by atoms with Crippen LogP contribution in [0, 0.1) is 5.92 Å². The average molecular weight is 267 g/mol. The monoisotopic (exact) mass is 267 g/mol. The van der Waals surface area contributed by atoms with Crippen LogP contribution in [-0.2, 0) is 4.79 Å². The molecule has 0 radical (unpaired) electrons. The lowest BCUT2D eigenvalue weighted by Crippen LogP contribution is -2.51. The summed E-state index contributed by atoms with van der Waals surface area (Å²) in [5.74, 6) is 0.773. The standard InChI is InChI=1S/C15H29N3O/c1-18(2)15(7-3-4-8-15)12-17-14(19)10-13-6-5-9-16-11-13/h13,16H,3-12H2,1-2H3,(H,17,19). The Morgan fingerprint density at radius 3 is 2.63 bits per heavy atom. The molecule has 1 saturated heterocycles. The van der Waals surface area contributed by atoms with Gasteiger partial charge in [-0.2, -0.15) is 0 Å². The van der Waals surface area contributed by atoms with Crippen molar-refractivity contribution in [3.8, 4) is 0 Å². The summed E-state index contributed by atoms with van der Waals surface area (Å²) in [6, 6.07) is 0. The maximum absolute atomic E-state index is 12.1. The number of hydrogen-bond acceptors (Lipinski definition) is 3. The quantitative estimate of drug-likeness (QED) is 0.791. The number of piperidine rings is 1. The van der Waals surface area contributed by atoms with Gasteiger partial charge in [-0.1, -0.05) is 12.8 Å². The van der Waals surface area contributed by atoms with Crippen molar-refractivity contribution in [2.24, 2.45) is 5.92 Å². The van der Waals surface area contributed by atoms with Gasteiger partial charge in [0.2, 0.25) is 5.91 Å². The normalized spacial score (nSPS) is 26.6. The van der Waals surface area contributed by atoms with Crippen LogP contribution in [0.3, 0.4) is 0 Å². The summed E-state index contributed by atoms with van der Waals surface area (Å²) < 4.78 is 0. The predicted molar refractivity (Wildman–Crippen MR) is 78.1 cm³/mol. The third-order valence-electron chi connectivity index (χ3n) is 4.97. The first-order valence-electron chi connectivity index (χ1n) is 7.77. The zero-order valence-electron chi connectivity index (χ0n) is 12.5. The third kappa shape index (κ3) is 3.93. The Balaban J connectivity index is 1.75. The summed E-state index contributed by atoms with van der Waals surface area (Å²) in [5.41, 5.74) is 0.209. The van der Waals surface area contributed by atoms with Gasteiger partial charge in [-0.25, -0.2) is 0 Å². The Kier molecular flexibility index (Phi) is 5.22. The fourth-order valence-corrected chi connectivity index (χ4v) is 3.51. The van der Waals surface area contributed by atoms with Crippen molar-refractivity contribution in [2.45, 2.75) is 50.5 Å². The minimum absolute atomic E-state index is 0.209. The number of hydrogen-bond donors (Lipinski definition) is 2. The maximum Gasteiger partial charge on any atom is 0.220 e. The lowest BCUT2D eigenvalue weighted by Gasteiger charge is -2.36. The van der Waals surface area contributed by atoms with Gasteiger partial charge in [-0.05, 0) is 58.8 Å². The molecule has 0 aromatic carbocycles. The second-order valence-electron chi connectivity index (χ2n) is 6.52. The highest BCUT2D eigenvalue weighted by Gasteiger charge is 2.36. The number of amides is 1. The van der Waals surface area contributed by atoms with Crippen LogP contribution in [0.1, 0.15) is 44.9 Å². The Morgan fingerprint density at radius 1 is 1.32 bits per heavy atom. The Labute approximate surface area is 117 Å². The first kappa shape index (κ1) is 14.8. The van der Waals surface area contributed by atoms with Crippen LogP contribution in [0.5, 0.6) is 0 Å². The molecule has 2 N–H and O–H groups in total. The summed E-state index contributed by atoms with van der Waals surface area (Å²) in [6.45, 7) is 2.94. The lowest BCUT2D eigenvalue weighted by atomic mass is 9.94. The van der Waals surface area contributed by atoms with Crippen molar-refractivity contribution in [1.82, 2.24) is 15.5 Å².